The van der Waals surface area contributed by atoms with Crippen molar-refractivity contribution in [2.45, 2.75) is 18.9 Å². The Kier molecular flexibility index (Phi) is 3.16. The van der Waals surface area contributed by atoms with Crippen LogP contribution in [0.15, 0.2) is 0 Å². The smallest absolute Gasteiger partial charge is 0.224 e. The van der Waals surface area contributed by atoms with Gasteiger partial charge in [-0.2, -0.15) is 4.31 Å². The van der Waals surface area contributed by atoms with E-state index in [1.54, 1.807) is 4.31 Å². The standard InChI is InChI=1S/C8H15BrN2O2S/c9-7-14(12,13)11-5-3-10(4-6-11)8-1-2-8/h8H,1-7H2. The first-order valence-electron chi connectivity index (χ1n) is 4.91. The van der Waals surface area contributed by atoms with Gasteiger partial charge in [-0.1, -0.05) is 15.9 Å². The maximum Gasteiger partial charge on any atom is 0.224 e. The van der Waals surface area contributed by atoms with Crippen LogP contribution < -0.4 is 0 Å². The molecule has 0 aromatic carbocycles. The van der Waals surface area contributed by atoms with Crippen molar-refractivity contribution in [3.8, 4) is 0 Å². The lowest BCUT2D eigenvalue weighted by atomic mass is 10.3. The molecule has 6 heteroatoms. The van der Waals surface area contributed by atoms with Crippen molar-refractivity contribution >= 4 is 26.0 Å². The van der Waals surface area contributed by atoms with Crippen LogP contribution in [0.1, 0.15) is 12.8 Å². The molecular weight excluding hydrogens is 268 g/mol. The van der Waals surface area contributed by atoms with Crippen LogP contribution >= 0.6 is 15.9 Å². The van der Waals surface area contributed by atoms with Crippen molar-refractivity contribution in [3.63, 3.8) is 0 Å². The molecule has 1 saturated heterocycles. The quantitative estimate of drug-likeness (QED) is 0.706. The molecule has 14 heavy (non-hydrogen) atoms. The average Bonchev–Trinajstić information content (AvgIpc) is 3.01. The molecule has 2 fully saturated rings. The second-order valence-corrected chi connectivity index (χ2v) is 7.16. The van der Waals surface area contributed by atoms with Crippen molar-refractivity contribution in [3.05, 3.63) is 0 Å². The maximum absolute atomic E-state index is 11.5. The van der Waals surface area contributed by atoms with Gasteiger partial charge in [0.1, 0.15) is 4.66 Å². The number of nitrogens with zero attached hydrogens (tertiary/aromatic N) is 2. The number of sulfonamides is 1. The van der Waals surface area contributed by atoms with E-state index >= 15 is 0 Å². The number of alkyl halides is 1. The Morgan fingerprint density at radius 2 is 1.71 bits per heavy atom. The lowest BCUT2D eigenvalue weighted by molar-refractivity contribution is 0.181. The van der Waals surface area contributed by atoms with Gasteiger partial charge in [0.25, 0.3) is 0 Å². The van der Waals surface area contributed by atoms with Crippen molar-refractivity contribution in [2.75, 3.05) is 30.8 Å². The fourth-order valence-electron chi connectivity index (χ4n) is 1.86. The Balaban J connectivity index is 1.89. The first-order chi connectivity index (χ1) is 6.63. The molecule has 0 N–H and O–H groups in total. The highest BCUT2D eigenvalue weighted by Gasteiger charge is 2.33. The molecule has 2 rings (SSSR count). The molecule has 0 atom stereocenters. The average molecular weight is 283 g/mol. The minimum atomic E-state index is -3.03. The second kappa shape index (κ2) is 4.08. The van der Waals surface area contributed by atoms with E-state index < -0.39 is 10.0 Å². The number of hydrogen-bond donors (Lipinski definition) is 0. The first-order valence-corrected chi connectivity index (χ1v) is 7.64. The van der Waals surface area contributed by atoms with Crippen LogP contribution in [0.25, 0.3) is 0 Å². The Morgan fingerprint density at radius 1 is 1.14 bits per heavy atom. The summed E-state index contributed by atoms with van der Waals surface area (Å²) < 4.78 is 24.6. The van der Waals surface area contributed by atoms with Crippen LogP contribution in [0.2, 0.25) is 0 Å². The number of halogens is 1. The summed E-state index contributed by atoms with van der Waals surface area (Å²) in [5, 5.41) is 0. The lowest BCUT2D eigenvalue weighted by Crippen LogP contribution is -2.49. The Labute approximate surface area is 93.4 Å². The molecule has 0 spiro atoms. The zero-order valence-electron chi connectivity index (χ0n) is 8.02. The van der Waals surface area contributed by atoms with Gasteiger partial charge >= 0.3 is 0 Å². The van der Waals surface area contributed by atoms with Gasteiger partial charge in [-0.25, -0.2) is 8.42 Å². The zero-order valence-corrected chi connectivity index (χ0v) is 10.4. The lowest BCUT2D eigenvalue weighted by Gasteiger charge is -2.33. The van der Waals surface area contributed by atoms with Crippen molar-refractivity contribution in [1.82, 2.24) is 9.21 Å². The van der Waals surface area contributed by atoms with Crippen LogP contribution in [-0.4, -0.2) is 54.5 Å². The molecule has 0 amide bonds. The van der Waals surface area contributed by atoms with E-state index in [9.17, 15) is 8.42 Å². The van der Waals surface area contributed by atoms with Gasteiger partial charge in [-0.05, 0) is 12.8 Å². The third-order valence-corrected chi connectivity index (χ3v) is 6.03. The van der Waals surface area contributed by atoms with Gasteiger partial charge in [-0.3, -0.25) is 4.90 Å². The Hall–Kier alpha value is 0.350. The van der Waals surface area contributed by atoms with Crippen LogP contribution in [0.3, 0.4) is 0 Å². The van der Waals surface area contributed by atoms with Crippen molar-refractivity contribution in [1.29, 1.82) is 0 Å². The van der Waals surface area contributed by atoms with E-state index in [0.717, 1.165) is 19.1 Å². The van der Waals surface area contributed by atoms with E-state index in [-0.39, 0.29) is 4.66 Å². The molecule has 1 aliphatic heterocycles. The largest absolute Gasteiger partial charge is 0.298 e. The van der Waals surface area contributed by atoms with Crippen LogP contribution in [0.5, 0.6) is 0 Å². The van der Waals surface area contributed by atoms with Gasteiger partial charge in [0, 0.05) is 32.2 Å². The van der Waals surface area contributed by atoms with Crippen LogP contribution in [0.4, 0.5) is 0 Å². The summed E-state index contributed by atoms with van der Waals surface area (Å²) in [6.07, 6.45) is 2.59. The van der Waals surface area contributed by atoms with Crippen LogP contribution in [0, 0.1) is 0 Å². The van der Waals surface area contributed by atoms with E-state index in [0.29, 0.717) is 13.1 Å². The third-order valence-electron chi connectivity index (χ3n) is 2.87. The SMILES string of the molecule is O=S(=O)(CBr)N1CCN(C2CC2)CC1. The van der Waals surface area contributed by atoms with Gasteiger partial charge in [0.05, 0.1) is 0 Å². The highest BCUT2D eigenvalue weighted by Crippen LogP contribution is 2.27. The van der Waals surface area contributed by atoms with Gasteiger partial charge in [0.15, 0.2) is 0 Å². The summed E-state index contributed by atoms with van der Waals surface area (Å²) in [7, 11) is -3.03. The van der Waals surface area contributed by atoms with Crippen molar-refractivity contribution in [2.24, 2.45) is 0 Å². The molecule has 0 unspecified atom stereocenters. The summed E-state index contributed by atoms with van der Waals surface area (Å²) in [6.45, 7) is 3.11. The third kappa shape index (κ3) is 2.29. The summed E-state index contributed by atoms with van der Waals surface area (Å²) in [6, 6.07) is 0.754. The normalized spacial score (nSPS) is 26.6. The van der Waals surface area contributed by atoms with Gasteiger partial charge in [0.2, 0.25) is 10.0 Å². The zero-order chi connectivity index (χ0) is 10.2. The second-order valence-electron chi connectivity index (χ2n) is 3.89. The first kappa shape index (κ1) is 10.9. The number of piperazine rings is 1. The topological polar surface area (TPSA) is 40.6 Å². The van der Waals surface area contributed by atoms with Crippen molar-refractivity contribution < 1.29 is 8.42 Å². The molecule has 0 aromatic rings. The molecule has 0 bridgehead atoms. The van der Waals surface area contributed by atoms with E-state index in [4.69, 9.17) is 0 Å². The summed E-state index contributed by atoms with van der Waals surface area (Å²) in [5.41, 5.74) is 0. The van der Waals surface area contributed by atoms with E-state index in [1.807, 2.05) is 0 Å². The highest BCUT2D eigenvalue weighted by atomic mass is 79.9. The minimum Gasteiger partial charge on any atom is -0.298 e. The molecule has 1 heterocycles. The molecule has 4 nitrogen and oxygen atoms in total. The molecule has 1 aliphatic carbocycles. The molecular formula is C8H15BrN2O2S. The van der Waals surface area contributed by atoms with Gasteiger partial charge < -0.3 is 0 Å². The fourth-order valence-corrected chi connectivity index (χ4v) is 3.58. The molecule has 0 aromatic heterocycles. The molecule has 0 radical (unpaired) electrons. The fraction of sp³-hybridized carbons (Fsp3) is 1.00. The predicted octanol–water partition coefficient (Wildman–Crippen LogP) is 0.449. The van der Waals surface area contributed by atoms with Gasteiger partial charge in [-0.15, -0.1) is 0 Å². The minimum absolute atomic E-state index is 0.0451. The molecule has 82 valence electrons. The summed E-state index contributed by atoms with van der Waals surface area (Å²) in [5.74, 6) is 0. The Bertz CT molecular complexity index is 294. The van der Waals surface area contributed by atoms with E-state index in [1.165, 1.54) is 12.8 Å². The monoisotopic (exact) mass is 282 g/mol. The number of hydrogen-bond acceptors (Lipinski definition) is 3. The molecule has 2 aliphatic rings. The summed E-state index contributed by atoms with van der Waals surface area (Å²) in [4.78, 5) is 2.40. The highest BCUT2D eigenvalue weighted by molar-refractivity contribution is 9.10. The molecule has 1 saturated carbocycles. The maximum atomic E-state index is 11.5. The predicted molar refractivity (Wildman–Crippen MR) is 58.9 cm³/mol. The Morgan fingerprint density at radius 3 is 2.14 bits per heavy atom. The number of rotatable bonds is 3. The van der Waals surface area contributed by atoms with E-state index in [2.05, 4.69) is 20.8 Å². The van der Waals surface area contributed by atoms with Crippen LogP contribution in [-0.2, 0) is 10.0 Å². The summed E-state index contributed by atoms with van der Waals surface area (Å²) >= 11 is 3.02.